The van der Waals surface area contributed by atoms with Crippen LogP contribution < -0.4 is 10.1 Å². The van der Waals surface area contributed by atoms with E-state index < -0.39 is 0 Å². The molecule has 0 spiro atoms. The summed E-state index contributed by atoms with van der Waals surface area (Å²) >= 11 is 1.33. The highest BCUT2D eigenvalue weighted by Crippen LogP contribution is 2.44. The predicted molar refractivity (Wildman–Crippen MR) is 154 cm³/mol. The number of pyridine rings is 1. The number of benzene rings is 2. The molecule has 0 bridgehead atoms. The predicted octanol–water partition coefficient (Wildman–Crippen LogP) is 5.70. The second-order valence-electron chi connectivity index (χ2n) is 10.2. The summed E-state index contributed by atoms with van der Waals surface area (Å²) in [5.74, 6) is 0.922. The van der Waals surface area contributed by atoms with Crippen LogP contribution in [0.3, 0.4) is 0 Å². The topological polar surface area (TPSA) is 105 Å². The fourth-order valence-electron chi connectivity index (χ4n) is 5.43. The number of nitrogens with zero attached hydrogens (tertiary/aromatic N) is 3. The van der Waals surface area contributed by atoms with E-state index in [1.165, 1.54) is 11.3 Å². The first-order valence-electron chi connectivity index (χ1n) is 13.4. The molecule has 2 aromatic carbocycles. The van der Waals surface area contributed by atoms with Gasteiger partial charge >= 0.3 is 0 Å². The number of hydrogen-bond donors (Lipinski definition) is 2. The second kappa shape index (κ2) is 11.2. The van der Waals surface area contributed by atoms with Gasteiger partial charge in [0, 0.05) is 47.8 Å². The molecule has 2 aliphatic rings. The van der Waals surface area contributed by atoms with Crippen molar-refractivity contribution < 1.29 is 19.4 Å². The van der Waals surface area contributed by atoms with Gasteiger partial charge in [-0.3, -0.25) is 14.9 Å². The summed E-state index contributed by atoms with van der Waals surface area (Å²) in [4.78, 5) is 37.6. The fourth-order valence-corrected chi connectivity index (χ4v) is 5.95. The van der Waals surface area contributed by atoms with Crippen LogP contribution in [0, 0.1) is 5.92 Å². The lowest BCUT2D eigenvalue weighted by molar-refractivity contribution is -0.134. The molecule has 1 atom stereocenters. The molecule has 9 heteroatoms. The number of hydrogen-bond acceptors (Lipinski definition) is 7. The molecule has 1 aliphatic heterocycles. The number of thiazole rings is 1. The van der Waals surface area contributed by atoms with E-state index in [4.69, 9.17) is 9.72 Å². The van der Waals surface area contributed by atoms with Crippen LogP contribution in [0.25, 0.3) is 22.4 Å². The first kappa shape index (κ1) is 26.2. The van der Waals surface area contributed by atoms with Gasteiger partial charge in [-0.05, 0) is 54.5 Å². The Morgan fingerprint density at radius 3 is 2.70 bits per heavy atom. The van der Waals surface area contributed by atoms with E-state index in [9.17, 15) is 14.7 Å². The maximum Gasteiger partial charge on any atom is 0.276 e. The van der Waals surface area contributed by atoms with E-state index in [2.05, 4.69) is 10.3 Å². The first-order chi connectivity index (χ1) is 19.6. The molecular weight excluding hydrogens is 524 g/mol. The van der Waals surface area contributed by atoms with Gasteiger partial charge in [0.15, 0.2) is 5.13 Å². The average molecular weight is 555 g/mol. The number of nitrogens with one attached hydrogen (secondary N) is 1. The summed E-state index contributed by atoms with van der Waals surface area (Å²) in [7, 11) is 1.65. The number of rotatable bonds is 9. The normalized spacial score (nSPS) is 16.1. The Hall–Kier alpha value is -4.08. The number of carbonyl (C=O) groups excluding carboxylic acids is 2. The molecule has 4 aromatic rings. The van der Waals surface area contributed by atoms with E-state index in [-0.39, 0.29) is 30.2 Å². The molecule has 0 radical (unpaired) electrons. The SMILES string of the molecule is COc1ccccc1-c1cccc(-c2nc(C(=O)Nc3nccs3)cc3c2[C@H](CCO)N(C(=O)CC2CC2)C3)c1. The zero-order valence-corrected chi connectivity index (χ0v) is 23.0. The van der Waals surface area contributed by atoms with Crippen molar-refractivity contribution in [3.8, 4) is 28.1 Å². The summed E-state index contributed by atoms with van der Waals surface area (Å²) in [5.41, 5.74) is 5.36. The van der Waals surface area contributed by atoms with Crippen LogP contribution in [0.4, 0.5) is 5.13 Å². The van der Waals surface area contributed by atoms with Crippen LogP contribution >= 0.6 is 11.3 Å². The van der Waals surface area contributed by atoms with Gasteiger partial charge in [0.05, 0.1) is 18.8 Å². The third-order valence-electron chi connectivity index (χ3n) is 7.52. The molecule has 3 heterocycles. The Balaban J connectivity index is 1.46. The van der Waals surface area contributed by atoms with Crippen LogP contribution in [0.2, 0.25) is 0 Å². The summed E-state index contributed by atoms with van der Waals surface area (Å²) in [6.07, 6.45) is 4.71. The molecule has 0 saturated heterocycles. The quantitative estimate of drug-likeness (QED) is 0.275. The Bertz CT molecular complexity index is 1550. The molecule has 204 valence electrons. The number of amides is 2. The minimum absolute atomic E-state index is 0.0652. The number of anilines is 1. The zero-order chi connectivity index (χ0) is 27.6. The lowest BCUT2D eigenvalue weighted by Crippen LogP contribution is -2.30. The highest BCUT2D eigenvalue weighted by atomic mass is 32.1. The number of methoxy groups -OCH3 is 1. The number of aliphatic hydroxyl groups excluding tert-OH is 1. The second-order valence-corrected chi connectivity index (χ2v) is 11.1. The maximum absolute atomic E-state index is 13.4. The summed E-state index contributed by atoms with van der Waals surface area (Å²) in [6, 6.07) is 17.2. The van der Waals surface area contributed by atoms with Crippen LogP contribution in [-0.4, -0.2) is 45.5 Å². The van der Waals surface area contributed by atoms with Gasteiger partial charge < -0.3 is 14.7 Å². The number of ether oxygens (including phenoxy) is 1. The van der Waals surface area contributed by atoms with Crippen LogP contribution in [0.1, 0.15) is 53.3 Å². The van der Waals surface area contributed by atoms with Crippen molar-refractivity contribution in [2.75, 3.05) is 19.0 Å². The summed E-state index contributed by atoms with van der Waals surface area (Å²) in [6.45, 7) is 0.315. The van der Waals surface area contributed by atoms with Gasteiger partial charge in [-0.2, -0.15) is 0 Å². The smallest absolute Gasteiger partial charge is 0.276 e. The summed E-state index contributed by atoms with van der Waals surface area (Å²) in [5, 5.41) is 15.1. The van der Waals surface area contributed by atoms with E-state index in [0.29, 0.717) is 36.1 Å². The molecular formula is C31H30N4O4S. The largest absolute Gasteiger partial charge is 0.496 e. The average Bonchev–Trinajstić information content (AvgIpc) is 3.50. The monoisotopic (exact) mass is 554 g/mol. The maximum atomic E-state index is 13.4. The molecule has 40 heavy (non-hydrogen) atoms. The minimum atomic E-state index is -0.360. The molecule has 1 fully saturated rings. The van der Waals surface area contributed by atoms with Crippen LogP contribution in [-0.2, 0) is 11.3 Å². The van der Waals surface area contributed by atoms with E-state index in [0.717, 1.165) is 46.4 Å². The van der Waals surface area contributed by atoms with Gasteiger partial charge in [0.25, 0.3) is 5.91 Å². The minimum Gasteiger partial charge on any atom is -0.496 e. The Morgan fingerprint density at radius 2 is 1.95 bits per heavy atom. The van der Waals surface area contributed by atoms with Gasteiger partial charge in [-0.1, -0.05) is 36.4 Å². The van der Waals surface area contributed by atoms with Crippen molar-refractivity contribution in [2.24, 2.45) is 5.92 Å². The molecule has 2 aromatic heterocycles. The Labute approximate surface area is 236 Å². The molecule has 0 unspecified atom stereocenters. The van der Waals surface area contributed by atoms with Crippen molar-refractivity contribution in [2.45, 2.75) is 38.3 Å². The fraction of sp³-hybridized carbons (Fsp3) is 0.290. The molecule has 8 nitrogen and oxygen atoms in total. The zero-order valence-electron chi connectivity index (χ0n) is 22.2. The van der Waals surface area contributed by atoms with Crippen molar-refractivity contribution in [1.29, 1.82) is 0 Å². The Kier molecular flexibility index (Phi) is 7.32. The van der Waals surface area contributed by atoms with Gasteiger partial charge in [-0.15, -0.1) is 11.3 Å². The highest BCUT2D eigenvalue weighted by Gasteiger charge is 2.38. The molecule has 1 saturated carbocycles. The van der Waals surface area contributed by atoms with Crippen LogP contribution in [0.15, 0.2) is 66.2 Å². The molecule has 1 aliphatic carbocycles. The number of fused-ring (bicyclic) bond motifs is 1. The molecule has 2 amide bonds. The van der Waals surface area contributed by atoms with E-state index >= 15 is 0 Å². The lowest BCUT2D eigenvalue weighted by atomic mass is 9.93. The van der Waals surface area contributed by atoms with Crippen molar-refractivity contribution in [3.63, 3.8) is 0 Å². The highest BCUT2D eigenvalue weighted by molar-refractivity contribution is 7.13. The van der Waals surface area contributed by atoms with Gasteiger partial charge in [0.1, 0.15) is 11.4 Å². The van der Waals surface area contributed by atoms with Gasteiger partial charge in [-0.25, -0.2) is 9.97 Å². The lowest BCUT2D eigenvalue weighted by Gasteiger charge is -2.26. The van der Waals surface area contributed by atoms with Crippen molar-refractivity contribution in [1.82, 2.24) is 14.9 Å². The van der Waals surface area contributed by atoms with Crippen LogP contribution in [0.5, 0.6) is 5.75 Å². The number of aromatic nitrogens is 2. The third-order valence-corrected chi connectivity index (χ3v) is 8.21. The molecule has 2 N–H and O–H groups in total. The van der Waals surface area contributed by atoms with E-state index in [1.54, 1.807) is 24.8 Å². The molecule has 6 rings (SSSR count). The summed E-state index contributed by atoms with van der Waals surface area (Å²) < 4.78 is 5.60. The third kappa shape index (κ3) is 5.22. The van der Waals surface area contributed by atoms with Gasteiger partial charge in [0.2, 0.25) is 5.91 Å². The number of para-hydroxylation sites is 1. The number of carbonyl (C=O) groups is 2. The number of aliphatic hydroxyl groups is 1. The van der Waals surface area contributed by atoms with Crippen molar-refractivity contribution in [3.05, 3.63) is 83.0 Å². The van der Waals surface area contributed by atoms with E-state index in [1.807, 2.05) is 53.4 Å². The first-order valence-corrected chi connectivity index (χ1v) is 14.3. The Morgan fingerprint density at radius 1 is 1.12 bits per heavy atom. The standard InChI is InChI=1S/C31H30N4O4S/c1-39-26-8-3-2-7-23(26)20-5-4-6-21(16-20)29-28-22(17-24(33-29)30(38)34-31-32-12-14-40-31)18-35(25(28)11-13-36)27(37)15-19-9-10-19/h2-8,12,14,16-17,19,25,36H,9-11,13,15,18H2,1H3,(H,32,34,38)/t25-/m0/s1. The van der Waals surface area contributed by atoms with Crippen molar-refractivity contribution >= 4 is 28.3 Å².